The topological polar surface area (TPSA) is 89.5 Å². The molecule has 2 atom stereocenters. The number of aromatic nitrogens is 2. The summed E-state index contributed by atoms with van der Waals surface area (Å²) in [4.78, 5) is 8.04. The number of aliphatic imine (C=N–C) groups is 1. The van der Waals surface area contributed by atoms with Gasteiger partial charge in [0.05, 0.1) is 12.8 Å². The monoisotopic (exact) mass is 469 g/mol. The Morgan fingerprint density at radius 1 is 1.30 bits per heavy atom. The quantitative estimate of drug-likeness (QED) is 0.541. The number of hydrogen-bond donors (Lipinski definition) is 3. The molecule has 2 aromatic carbocycles. The number of rotatable bonds is 4. The molecular weight excluding hydrogens is 443 g/mol. The van der Waals surface area contributed by atoms with Crippen molar-refractivity contribution in [2.45, 2.75) is 24.5 Å². The summed E-state index contributed by atoms with van der Waals surface area (Å²) in [5, 5.41) is 6.84. The van der Waals surface area contributed by atoms with E-state index < -0.39 is 12.8 Å². The van der Waals surface area contributed by atoms with Gasteiger partial charge in [-0.3, -0.25) is 10.7 Å². The molecule has 0 saturated carbocycles. The highest BCUT2D eigenvalue weighted by Crippen LogP contribution is 2.42. The molecule has 2 aliphatic rings. The smallest absolute Gasteiger partial charge is 0.190 e. The highest BCUT2D eigenvalue weighted by atomic mass is 35.5. The fraction of sp³-hybridized carbons (Fsp3) is 0.250. The van der Waals surface area contributed by atoms with Crippen molar-refractivity contribution in [1.29, 1.82) is 0 Å². The van der Waals surface area contributed by atoms with Gasteiger partial charge in [-0.05, 0) is 42.7 Å². The second kappa shape index (κ2) is 8.20. The summed E-state index contributed by atoms with van der Waals surface area (Å²) in [5.41, 5.74) is 10.5. The highest BCUT2D eigenvalue weighted by Gasteiger charge is 2.41. The van der Waals surface area contributed by atoms with Crippen LogP contribution in [0.3, 0.4) is 0 Å². The van der Waals surface area contributed by atoms with Crippen molar-refractivity contribution < 1.29 is 13.2 Å². The Labute approximate surface area is 200 Å². The van der Waals surface area contributed by atoms with Crippen molar-refractivity contribution in [3.05, 3.63) is 88.4 Å². The summed E-state index contributed by atoms with van der Waals surface area (Å²) in [6.45, 7) is -2.56. The number of nitrogens with one attached hydrogen (secondary N) is 2. The van der Waals surface area contributed by atoms with E-state index in [0.29, 0.717) is 35.0 Å². The second-order valence-electron chi connectivity index (χ2n) is 8.04. The number of allylic oxidation sites excluding steroid dienone is 1. The fourth-order valence-electron chi connectivity index (χ4n) is 4.53. The Morgan fingerprint density at radius 3 is 2.82 bits per heavy atom. The lowest BCUT2D eigenvalue weighted by atomic mass is 9.94. The summed E-state index contributed by atoms with van der Waals surface area (Å²) in [5.74, 6) is -1.13. The molecule has 170 valence electrons. The molecule has 2 heterocycles. The largest absolute Gasteiger partial charge is 0.495 e. The molecule has 1 aliphatic carbocycles. The number of imidazole rings is 1. The predicted molar refractivity (Wildman–Crippen MR) is 126 cm³/mol. The molecule has 0 fully saturated rings. The molecule has 0 bridgehead atoms. The average molecular weight is 470 g/mol. The van der Waals surface area contributed by atoms with E-state index >= 15 is 0 Å². The van der Waals surface area contributed by atoms with Crippen LogP contribution >= 0.6 is 11.6 Å². The van der Waals surface area contributed by atoms with Crippen LogP contribution in [0, 0.1) is 5.82 Å². The van der Waals surface area contributed by atoms with Gasteiger partial charge >= 0.3 is 0 Å². The molecule has 4 N–H and O–H groups in total. The number of benzene rings is 2. The number of nitrogens with two attached hydrogens (primary N) is 1. The number of amidine groups is 1. The maximum absolute atomic E-state index is 13.6. The molecule has 2 unspecified atom stereocenters. The van der Waals surface area contributed by atoms with Gasteiger partial charge in [0.25, 0.3) is 0 Å². The van der Waals surface area contributed by atoms with Crippen LogP contribution in [0.5, 0.6) is 5.75 Å². The van der Waals surface area contributed by atoms with Gasteiger partial charge in [-0.15, -0.1) is 0 Å². The van der Waals surface area contributed by atoms with Crippen LogP contribution in [0.15, 0.2) is 71.3 Å². The lowest BCUT2D eigenvalue weighted by Crippen LogP contribution is -2.65. The first-order valence-corrected chi connectivity index (χ1v) is 10.8. The summed E-state index contributed by atoms with van der Waals surface area (Å²) in [7, 11) is 1.54. The average Bonchev–Trinajstić information content (AvgIpc) is 3.44. The lowest BCUT2D eigenvalue weighted by Gasteiger charge is -2.40. The molecule has 5 rings (SSSR count). The van der Waals surface area contributed by atoms with Crippen LogP contribution in [0.25, 0.3) is 5.69 Å². The summed E-state index contributed by atoms with van der Waals surface area (Å²) >= 11 is 5.98. The van der Waals surface area contributed by atoms with Crippen molar-refractivity contribution in [2.24, 2.45) is 10.7 Å². The minimum Gasteiger partial charge on any atom is -0.495 e. The minimum absolute atomic E-state index is 0.123. The minimum atomic E-state index is -2.56. The predicted octanol–water partition coefficient (Wildman–Crippen LogP) is 3.80. The Kier molecular flexibility index (Phi) is 4.50. The van der Waals surface area contributed by atoms with Crippen molar-refractivity contribution in [2.75, 3.05) is 14.1 Å². The normalized spacial score (nSPS) is 25.0. The van der Waals surface area contributed by atoms with E-state index in [2.05, 4.69) is 20.6 Å². The van der Waals surface area contributed by atoms with Gasteiger partial charge in [-0.1, -0.05) is 29.8 Å². The van der Waals surface area contributed by atoms with E-state index in [1.165, 1.54) is 19.2 Å². The van der Waals surface area contributed by atoms with E-state index in [1.54, 1.807) is 47.4 Å². The van der Waals surface area contributed by atoms with Crippen molar-refractivity contribution >= 4 is 17.4 Å². The van der Waals surface area contributed by atoms with Gasteiger partial charge in [0.1, 0.15) is 28.9 Å². The molecule has 0 spiro atoms. The molecule has 3 aromatic rings. The fourth-order valence-corrected chi connectivity index (χ4v) is 4.68. The van der Waals surface area contributed by atoms with Gasteiger partial charge in [-0.25, -0.2) is 9.37 Å². The number of nitrogens with zero attached hydrogens (tertiary/aromatic N) is 3. The van der Waals surface area contributed by atoms with Crippen LogP contribution in [-0.4, -0.2) is 29.5 Å². The zero-order chi connectivity index (χ0) is 25.7. The molecule has 9 heteroatoms. The van der Waals surface area contributed by atoms with E-state index in [-0.39, 0.29) is 17.6 Å². The third kappa shape index (κ3) is 3.75. The zero-order valence-electron chi connectivity index (χ0n) is 20.8. The SMILES string of the molecule is [2H]C([2H])([2H])N=C1NC(N)(c2ccc(-n3cnc(Cl)c3)c(OC)c2)NC2=C1CCC2c1ccc(F)cc1. The van der Waals surface area contributed by atoms with Crippen molar-refractivity contribution in [3.63, 3.8) is 0 Å². The highest BCUT2D eigenvalue weighted by molar-refractivity contribution is 6.29. The second-order valence-corrected chi connectivity index (χ2v) is 8.43. The van der Waals surface area contributed by atoms with Crippen molar-refractivity contribution in [3.8, 4) is 11.4 Å². The van der Waals surface area contributed by atoms with Crippen molar-refractivity contribution in [1.82, 2.24) is 20.2 Å². The first kappa shape index (κ1) is 18.1. The first-order valence-electron chi connectivity index (χ1n) is 11.9. The Bertz CT molecular complexity index is 1370. The molecular formula is C24H24ClFN6O. The molecule has 1 aliphatic heterocycles. The maximum Gasteiger partial charge on any atom is 0.190 e. The van der Waals surface area contributed by atoms with Crippen LogP contribution in [0.2, 0.25) is 5.15 Å². The standard InChI is InChI=1S/C24H24ClFN6O/c1-28-23-18-9-8-17(14-3-6-16(26)7-4-14)22(18)30-24(27,31-23)15-5-10-19(20(11-15)33-2)32-12-21(25)29-13-32/h3-7,10-13,17,30H,8-9,27H2,1-2H3,(H,28,31)/i1D3. The van der Waals surface area contributed by atoms with Crippen LogP contribution in [0.4, 0.5) is 4.39 Å². The number of hydrogen-bond acceptors (Lipinski definition) is 5. The van der Waals surface area contributed by atoms with E-state index in [0.717, 1.165) is 16.8 Å². The van der Waals surface area contributed by atoms with E-state index in [1.807, 2.05) is 0 Å². The zero-order valence-corrected chi connectivity index (χ0v) is 18.5. The van der Waals surface area contributed by atoms with Gasteiger partial charge < -0.3 is 19.9 Å². The van der Waals surface area contributed by atoms with Gasteiger partial charge in [0.2, 0.25) is 0 Å². The Balaban J connectivity index is 1.58. The van der Waals surface area contributed by atoms with Crippen LogP contribution < -0.4 is 21.1 Å². The third-order valence-electron chi connectivity index (χ3n) is 6.14. The summed E-state index contributed by atoms with van der Waals surface area (Å²) in [6.07, 6.45) is 4.51. The summed E-state index contributed by atoms with van der Waals surface area (Å²) in [6, 6.07) is 11.6. The molecule has 1 aromatic heterocycles. The van der Waals surface area contributed by atoms with E-state index in [4.69, 9.17) is 26.2 Å². The van der Waals surface area contributed by atoms with Crippen LogP contribution in [-0.2, 0) is 5.79 Å². The lowest BCUT2D eigenvalue weighted by molar-refractivity contribution is 0.329. The molecule has 0 amide bonds. The molecule has 7 nitrogen and oxygen atoms in total. The number of methoxy groups -OCH3 is 1. The third-order valence-corrected chi connectivity index (χ3v) is 6.33. The van der Waals surface area contributed by atoms with Gasteiger partial charge in [0, 0.05) is 40.0 Å². The number of ether oxygens (including phenoxy) is 1. The first-order chi connectivity index (χ1) is 17.1. The molecule has 0 saturated heterocycles. The molecule has 0 radical (unpaired) electrons. The Hall–Kier alpha value is -3.36. The number of halogens is 2. The maximum atomic E-state index is 13.6. The van der Waals surface area contributed by atoms with E-state index in [9.17, 15) is 4.39 Å². The summed E-state index contributed by atoms with van der Waals surface area (Å²) < 4.78 is 44.1. The molecule has 33 heavy (non-hydrogen) atoms. The Morgan fingerprint density at radius 2 is 2.12 bits per heavy atom. The van der Waals surface area contributed by atoms with Gasteiger partial charge in [-0.2, -0.15) is 0 Å². The van der Waals surface area contributed by atoms with Gasteiger partial charge in [0.15, 0.2) is 5.79 Å². The van der Waals surface area contributed by atoms with Crippen LogP contribution in [0.1, 0.15) is 34.0 Å².